The SMILES string of the molecule is OCC(O)COCC(CO)OC(CO)CO. The molecule has 0 rings (SSSR count). The number of rotatable bonds is 10. The van der Waals surface area contributed by atoms with Gasteiger partial charge in [-0.05, 0) is 0 Å². The zero-order valence-electron chi connectivity index (χ0n) is 9.03. The summed E-state index contributed by atoms with van der Waals surface area (Å²) in [6.45, 7) is -1.51. The summed E-state index contributed by atoms with van der Waals surface area (Å²) in [7, 11) is 0. The van der Waals surface area contributed by atoms with Crippen LogP contribution in [-0.4, -0.2) is 83.5 Å². The standard InChI is InChI=1S/C9H20O7/c10-1-7(14)5-15-6-9(4-13)16-8(2-11)3-12/h7-14H,1-6H2. The molecule has 7 nitrogen and oxygen atoms in total. The van der Waals surface area contributed by atoms with Crippen molar-refractivity contribution in [2.24, 2.45) is 0 Å². The largest absolute Gasteiger partial charge is 0.394 e. The molecule has 5 N–H and O–H groups in total. The third-order valence-electron chi connectivity index (χ3n) is 1.82. The Morgan fingerprint density at radius 2 is 1.31 bits per heavy atom. The Kier molecular flexibility index (Phi) is 9.74. The summed E-state index contributed by atoms with van der Waals surface area (Å²) >= 11 is 0. The van der Waals surface area contributed by atoms with Crippen LogP contribution in [0.25, 0.3) is 0 Å². The van der Waals surface area contributed by atoms with E-state index >= 15 is 0 Å². The van der Waals surface area contributed by atoms with Gasteiger partial charge in [0.15, 0.2) is 0 Å². The molecule has 0 bridgehead atoms. The van der Waals surface area contributed by atoms with Gasteiger partial charge in [-0.15, -0.1) is 0 Å². The van der Waals surface area contributed by atoms with Crippen LogP contribution < -0.4 is 0 Å². The molecule has 0 aliphatic carbocycles. The lowest BCUT2D eigenvalue weighted by Crippen LogP contribution is -2.34. The quantitative estimate of drug-likeness (QED) is 0.277. The molecule has 98 valence electrons. The summed E-state index contributed by atoms with van der Waals surface area (Å²) in [4.78, 5) is 0. The first-order valence-corrected chi connectivity index (χ1v) is 5.02. The highest BCUT2D eigenvalue weighted by atomic mass is 16.6. The Labute approximate surface area is 93.9 Å². The van der Waals surface area contributed by atoms with Gasteiger partial charge in [0.25, 0.3) is 0 Å². The second-order valence-corrected chi connectivity index (χ2v) is 3.30. The van der Waals surface area contributed by atoms with E-state index in [-0.39, 0.29) is 33.0 Å². The molecule has 0 aromatic heterocycles. The highest BCUT2D eigenvalue weighted by Gasteiger charge is 2.15. The molecule has 2 atom stereocenters. The van der Waals surface area contributed by atoms with E-state index in [1.807, 2.05) is 0 Å². The molecule has 16 heavy (non-hydrogen) atoms. The third-order valence-corrected chi connectivity index (χ3v) is 1.82. The number of aliphatic hydroxyl groups excluding tert-OH is 5. The average molecular weight is 240 g/mol. The molecule has 0 aliphatic rings. The third kappa shape index (κ3) is 7.07. The molecule has 0 saturated carbocycles. The summed E-state index contributed by atoms with van der Waals surface area (Å²) in [5, 5.41) is 43.9. The van der Waals surface area contributed by atoms with Gasteiger partial charge in [0.1, 0.15) is 18.3 Å². The molecule has 0 fully saturated rings. The van der Waals surface area contributed by atoms with Gasteiger partial charge in [0.05, 0.1) is 39.6 Å². The summed E-state index contributed by atoms with van der Waals surface area (Å²) in [5.41, 5.74) is 0. The van der Waals surface area contributed by atoms with Crippen molar-refractivity contribution in [2.45, 2.75) is 18.3 Å². The van der Waals surface area contributed by atoms with Crippen LogP contribution in [0.5, 0.6) is 0 Å². The maximum atomic E-state index is 8.96. The van der Waals surface area contributed by atoms with Gasteiger partial charge in [-0.3, -0.25) is 0 Å². The highest BCUT2D eigenvalue weighted by Crippen LogP contribution is 1.99. The molecule has 0 radical (unpaired) electrons. The van der Waals surface area contributed by atoms with Crippen LogP contribution in [0.2, 0.25) is 0 Å². The first-order valence-electron chi connectivity index (χ1n) is 5.02. The van der Waals surface area contributed by atoms with Crippen LogP contribution in [0.4, 0.5) is 0 Å². The summed E-state index contributed by atoms with van der Waals surface area (Å²) in [6.07, 6.45) is -2.41. The number of ether oxygens (including phenoxy) is 2. The molecule has 0 amide bonds. The van der Waals surface area contributed by atoms with Gasteiger partial charge in [-0.1, -0.05) is 0 Å². The first-order chi connectivity index (χ1) is 7.67. The van der Waals surface area contributed by atoms with Crippen molar-refractivity contribution < 1.29 is 35.0 Å². The number of hydrogen-bond acceptors (Lipinski definition) is 7. The lowest BCUT2D eigenvalue weighted by atomic mass is 10.3. The van der Waals surface area contributed by atoms with Gasteiger partial charge in [0, 0.05) is 0 Å². The number of aliphatic hydroxyl groups is 5. The van der Waals surface area contributed by atoms with Crippen LogP contribution >= 0.6 is 0 Å². The minimum atomic E-state index is -0.967. The van der Waals surface area contributed by atoms with Crippen molar-refractivity contribution in [1.82, 2.24) is 0 Å². The van der Waals surface area contributed by atoms with E-state index in [0.717, 1.165) is 0 Å². The normalized spacial score (nSPS) is 15.4. The summed E-state index contributed by atoms with van der Waals surface area (Å²) in [5.74, 6) is 0. The minimum Gasteiger partial charge on any atom is -0.394 e. The van der Waals surface area contributed by atoms with E-state index in [2.05, 4.69) is 0 Å². The van der Waals surface area contributed by atoms with E-state index in [9.17, 15) is 0 Å². The molecule has 0 spiro atoms. The van der Waals surface area contributed by atoms with Gasteiger partial charge in [0.2, 0.25) is 0 Å². The van der Waals surface area contributed by atoms with Gasteiger partial charge in [-0.25, -0.2) is 0 Å². The van der Waals surface area contributed by atoms with Crippen molar-refractivity contribution in [1.29, 1.82) is 0 Å². The topological polar surface area (TPSA) is 120 Å². The van der Waals surface area contributed by atoms with Crippen LogP contribution in [0, 0.1) is 0 Å². The van der Waals surface area contributed by atoms with Crippen LogP contribution in [0.3, 0.4) is 0 Å². The molecule has 0 aliphatic heterocycles. The van der Waals surface area contributed by atoms with Crippen molar-refractivity contribution in [2.75, 3.05) is 39.6 Å². The van der Waals surface area contributed by atoms with Crippen molar-refractivity contribution in [3.05, 3.63) is 0 Å². The van der Waals surface area contributed by atoms with Crippen molar-refractivity contribution in [3.8, 4) is 0 Å². The van der Waals surface area contributed by atoms with E-state index in [0.29, 0.717) is 0 Å². The van der Waals surface area contributed by atoms with Crippen LogP contribution in [0.1, 0.15) is 0 Å². The zero-order chi connectivity index (χ0) is 12.4. The predicted octanol–water partition coefficient (Wildman–Crippen LogP) is -2.91. The summed E-state index contributed by atoms with van der Waals surface area (Å²) in [6, 6.07) is 0. The van der Waals surface area contributed by atoms with Crippen LogP contribution in [0.15, 0.2) is 0 Å². The number of hydrogen-bond donors (Lipinski definition) is 5. The average Bonchev–Trinajstić information content (AvgIpc) is 2.33. The molecule has 0 aromatic rings. The molecule has 0 aromatic carbocycles. The lowest BCUT2D eigenvalue weighted by Gasteiger charge is -2.21. The van der Waals surface area contributed by atoms with Gasteiger partial charge < -0.3 is 35.0 Å². The Morgan fingerprint density at radius 3 is 1.75 bits per heavy atom. The first kappa shape index (κ1) is 15.7. The van der Waals surface area contributed by atoms with Crippen molar-refractivity contribution >= 4 is 0 Å². The zero-order valence-corrected chi connectivity index (χ0v) is 9.03. The maximum Gasteiger partial charge on any atom is 0.104 e. The fourth-order valence-corrected chi connectivity index (χ4v) is 0.939. The fourth-order valence-electron chi connectivity index (χ4n) is 0.939. The molecule has 0 saturated heterocycles. The van der Waals surface area contributed by atoms with Crippen LogP contribution in [-0.2, 0) is 9.47 Å². The Balaban J connectivity index is 3.73. The van der Waals surface area contributed by atoms with E-state index < -0.39 is 24.9 Å². The van der Waals surface area contributed by atoms with Gasteiger partial charge in [-0.2, -0.15) is 0 Å². The Bertz CT molecular complexity index is 151. The highest BCUT2D eigenvalue weighted by molar-refractivity contribution is 4.61. The van der Waals surface area contributed by atoms with Gasteiger partial charge >= 0.3 is 0 Å². The summed E-state index contributed by atoms with van der Waals surface area (Å²) < 4.78 is 10.1. The van der Waals surface area contributed by atoms with E-state index in [4.69, 9.17) is 35.0 Å². The monoisotopic (exact) mass is 240 g/mol. The minimum absolute atomic E-state index is 0.00403. The second-order valence-electron chi connectivity index (χ2n) is 3.30. The fraction of sp³-hybridized carbons (Fsp3) is 1.00. The van der Waals surface area contributed by atoms with Crippen molar-refractivity contribution in [3.63, 3.8) is 0 Å². The molecule has 0 heterocycles. The van der Waals surface area contributed by atoms with E-state index in [1.54, 1.807) is 0 Å². The molecular formula is C9H20O7. The molecular weight excluding hydrogens is 220 g/mol. The second kappa shape index (κ2) is 9.91. The maximum absolute atomic E-state index is 8.96. The Morgan fingerprint density at radius 1 is 0.750 bits per heavy atom. The predicted molar refractivity (Wildman–Crippen MR) is 53.8 cm³/mol. The smallest absolute Gasteiger partial charge is 0.104 e. The Hall–Kier alpha value is -0.280. The van der Waals surface area contributed by atoms with E-state index in [1.165, 1.54) is 0 Å². The lowest BCUT2D eigenvalue weighted by molar-refractivity contribution is -0.113. The molecule has 2 unspecified atom stereocenters. The molecule has 7 heteroatoms.